The molecular weight excluding hydrogens is 258 g/mol. The van der Waals surface area contributed by atoms with Gasteiger partial charge in [0.05, 0.1) is 6.61 Å². The molecule has 0 radical (unpaired) electrons. The molecule has 1 N–H and O–H groups in total. The normalized spacial score (nSPS) is 22.6. The molecule has 1 atom stereocenters. The maximum Gasteiger partial charge on any atom is 0.122 e. The highest BCUT2D eigenvalue weighted by molar-refractivity contribution is 5.41. The molecule has 1 aromatic rings. The minimum absolute atomic E-state index is 0.511. The van der Waals surface area contributed by atoms with Gasteiger partial charge in [-0.1, -0.05) is 32.9 Å². The van der Waals surface area contributed by atoms with Crippen molar-refractivity contribution < 1.29 is 4.74 Å². The van der Waals surface area contributed by atoms with E-state index in [0.717, 1.165) is 31.2 Å². The Balaban J connectivity index is 1.78. The lowest BCUT2D eigenvalue weighted by Crippen LogP contribution is -2.32. The van der Waals surface area contributed by atoms with E-state index in [-0.39, 0.29) is 0 Å². The van der Waals surface area contributed by atoms with Gasteiger partial charge in [0.2, 0.25) is 0 Å². The van der Waals surface area contributed by atoms with Crippen LogP contribution < -0.4 is 10.1 Å². The number of nitrogens with one attached hydrogen (secondary N) is 1. The summed E-state index contributed by atoms with van der Waals surface area (Å²) in [4.78, 5) is 0. The summed E-state index contributed by atoms with van der Waals surface area (Å²) in [5.74, 6) is 1.87. The van der Waals surface area contributed by atoms with Crippen molar-refractivity contribution in [1.82, 2.24) is 5.32 Å². The first-order valence-electron chi connectivity index (χ1n) is 8.58. The first-order chi connectivity index (χ1) is 10.1. The molecule has 0 bridgehead atoms. The zero-order valence-electron chi connectivity index (χ0n) is 13.7. The lowest BCUT2D eigenvalue weighted by atomic mass is 9.70. The Hall–Kier alpha value is -1.02. The monoisotopic (exact) mass is 287 g/mol. The lowest BCUT2D eigenvalue weighted by Gasteiger charge is -2.38. The molecular formula is C19H29NO. The van der Waals surface area contributed by atoms with Gasteiger partial charge in [0.1, 0.15) is 5.75 Å². The molecule has 2 heteroatoms. The Labute approximate surface area is 129 Å². The molecule has 0 aromatic heterocycles. The SMILES string of the molecule is CCNC(c1ccc2c(c1)CCO2)C1CCC(C)(C)CC1. The van der Waals surface area contributed by atoms with E-state index >= 15 is 0 Å². The molecule has 2 aliphatic rings. The van der Waals surface area contributed by atoms with Gasteiger partial charge in [-0.25, -0.2) is 0 Å². The highest BCUT2D eigenvalue weighted by Gasteiger charge is 2.32. The number of fused-ring (bicyclic) bond motifs is 1. The van der Waals surface area contributed by atoms with Crippen molar-refractivity contribution in [2.24, 2.45) is 11.3 Å². The molecule has 1 aromatic carbocycles. The van der Waals surface area contributed by atoms with Gasteiger partial charge < -0.3 is 10.1 Å². The van der Waals surface area contributed by atoms with E-state index in [9.17, 15) is 0 Å². The molecule has 0 amide bonds. The molecule has 1 heterocycles. The van der Waals surface area contributed by atoms with Crippen molar-refractivity contribution in [1.29, 1.82) is 0 Å². The molecule has 1 saturated carbocycles. The summed E-state index contributed by atoms with van der Waals surface area (Å²) in [5.41, 5.74) is 3.40. The maximum absolute atomic E-state index is 5.65. The van der Waals surface area contributed by atoms with E-state index in [1.54, 1.807) is 0 Å². The van der Waals surface area contributed by atoms with E-state index in [4.69, 9.17) is 4.74 Å². The number of rotatable bonds is 4. The predicted octanol–water partition coefficient (Wildman–Crippen LogP) is 4.49. The molecule has 1 fully saturated rings. The van der Waals surface area contributed by atoms with Crippen LogP contribution in [0.5, 0.6) is 5.75 Å². The van der Waals surface area contributed by atoms with Gasteiger partial charge in [-0.3, -0.25) is 0 Å². The molecule has 1 unspecified atom stereocenters. The third-order valence-corrected chi connectivity index (χ3v) is 5.35. The molecule has 116 valence electrons. The number of benzene rings is 1. The van der Waals surface area contributed by atoms with E-state index < -0.39 is 0 Å². The zero-order chi connectivity index (χ0) is 14.9. The first kappa shape index (κ1) is 14.9. The summed E-state index contributed by atoms with van der Waals surface area (Å²) < 4.78 is 5.65. The first-order valence-corrected chi connectivity index (χ1v) is 8.58. The van der Waals surface area contributed by atoms with Crippen LogP contribution >= 0.6 is 0 Å². The number of hydrogen-bond donors (Lipinski definition) is 1. The van der Waals surface area contributed by atoms with Crippen LogP contribution in [0, 0.1) is 11.3 Å². The van der Waals surface area contributed by atoms with Crippen LogP contribution in [0.1, 0.15) is 63.6 Å². The fourth-order valence-electron chi connectivity index (χ4n) is 3.93. The zero-order valence-corrected chi connectivity index (χ0v) is 13.7. The molecule has 1 aliphatic carbocycles. The number of ether oxygens (including phenoxy) is 1. The second-order valence-electron chi connectivity index (χ2n) is 7.50. The summed E-state index contributed by atoms with van der Waals surface area (Å²) in [6.07, 6.45) is 6.47. The molecule has 1 aliphatic heterocycles. The van der Waals surface area contributed by atoms with Gasteiger partial charge in [0.25, 0.3) is 0 Å². The van der Waals surface area contributed by atoms with Crippen molar-refractivity contribution in [2.75, 3.05) is 13.2 Å². The van der Waals surface area contributed by atoms with Crippen LogP contribution in [0.2, 0.25) is 0 Å². The van der Waals surface area contributed by atoms with Gasteiger partial charge in [-0.2, -0.15) is 0 Å². The van der Waals surface area contributed by atoms with Crippen LogP contribution in [-0.2, 0) is 6.42 Å². The summed E-state index contributed by atoms with van der Waals surface area (Å²) >= 11 is 0. The van der Waals surface area contributed by atoms with Crippen LogP contribution in [0.4, 0.5) is 0 Å². The standard InChI is InChI=1S/C19H29NO/c1-4-20-18(14-7-10-19(2,3)11-8-14)16-5-6-17-15(13-16)9-12-21-17/h5-6,13-14,18,20H,4,7-12H2,1-3H3. The van der Waals surface area contributed by atoms with Crippen LogP contribution in [0.15, 0.2) is 18.2 Å². The summed E-state index contributed by atoms with van der Waals surface area (Å²) in [7, 11) is 0. The van der Waals surface area contributed by atoms with Crippen molar-refractivity contribution in [3.63, 3.8) is 0 Å². The maximum atomic E-state index is 5.65. The Bertz CT molecular complexity index is 484. The van der Waals surface area contributed by atoms with E-state index in [1.165, 1.54) is 36.8 Å². The van der Waals surface area contributed by atoms with Crippen molar-refractivity contribution >= 4 is 0 Å². The Morgan fingerprint density at radius 1 is 1.29 bits per heavy atom. The number of hydrogen-bond acceptors (Lipinski definition) is 2. The third-order valence-electron chi connectivity index (χ3n) is 5.35. The average Bonchev–Trinajstić information content (AvgIpc) is 2.92. The minimum atomic E-state index is 0.511. The van der Waals surface area contributed by atoms with Gasteiger partial charge in [0, 0.05) is 12.5 Å². The highest BCUT2D eigenvalue weighted by atomic mass is 16.5. The van der Waals surface area contributed by atoms with Crippen LogP contribution in [-0.4, -0.2) is 13.2 Å². The van der Waals surface area contributed by atoms with Gasteiger partial charge in [-0.15, -0.1) is 0 Å². The third kappa shape index (κ3) is 3.26. The molecule has 0 saturated heterocycles. The van der Waals surface area contributed by atoms with Crippen LogP contribution in [0.3, 0.4) is 0 Å². The molecule has 0 spiro atoms. The van der Waals surface area contributed by atoms with Crippen molar-refractivity contribution in [2.45, 2.75) is 58.9 Å². The largest absolute Gasteiger partial charge is 0.493 e. The quantitative estimate of drug-likeness (QED) is 0.881. The van der Waals surface area contributed by atoms with Gasteiger partial charge in [0.15, 0.2) is 0 Å². The summed E-state index contributed by atoms with van der Waals surface area (Å²) in [5, 5.41) is 3.75. The van der Waals surface area contributed by atoms with E-state index in [0.29, 0.717) is 11.5 Å². The van der Waals surface area contributed by atoms with Crippen LogP contribution in [0.25, 0.3) is 0 Å². The van der Waals surface area contributed by atoms with E-state index in [2.05, 4.69) is 44.3 Å². The van der Waals surface area contributed by atoms with Crippen molar-refractivity contribution in [3.8, 4) is 5.75 Å². The second kappa shape index (κ2) is 6.00. The Morgan fingerprint density at radius 3 is 2.76 bits per heavy atom. The summed E-state index contributed by atoms with van der Waals surface area (Å²) in [6, 6.07) is 7.35. The van der Waals surface area contributed by atoms with Gasteiger partial charge >= 0.3 is 0 Å². The van der Waals surface area contributed by atoms with Gasteiger partial charge in [-0.05, 0) is 60.8 Å². The average molecular weight is 287 g/mol. The van der Waals surface area contributed by atoms with E-state index in [1.807, 2.05) is 0 Å². The molecule has 3 rings (SSSR count). The fraction of sp³-hybridized carbons (Fsp3) is 0.684. The van der Waals surface area contributed by atoms with Crippen molar-refractivity contribution in [3.05, 3.63) is 29.3 Å². The Kier molecular flexibility index (Phi) is 4.26. The molecule has 2 nitrogen and oxygen atoms in total. The fourth-order valence-corrected chi connectivity index (χ4v) is 3.93. The smallest absolute Gasteiger partial charge is 0.122 e. The Morgan fingerprint density at radius 2 is 2.05 bits per heavy atom. The minimum Gasteiger partial charge on any atom is -0.493 e. The summed E-state index contributed by atoms with van der Waals surface area (Å²) in [6.45, 7) is 8.94. The topological polar surface area (TPSA) is 21.3 Å². The highest BCUT2D eigenvalue weighted by Crippen LogP contribution is 2.43. The predicted molar refractivity (Wildman–Crippen MR) is 87.8 cm³/mol. The second-order valence-corrected chi connectivity index (χ2v) is 7.50. The lowest BCUT2D eigenvalue weighted by molar-refractivity contribution is 0.162. The molecule has 21 heavy (non-hydrogen) atoms.